The highest BCUT2D eigenvalue weighted by molar-refractivity contribution is 9.10. The van der Waals surface area contributed by atoms with Gasteiger partial charge in [0.25, 0.3) is 0 Å². The maximum Gasteiger partial charge on any atom is 0.161 e. The highest BCUT2D eigenvalue weighted by Crippen LogP contribution is 2.30. The van der Waals surface area contributed by atoms with Gasteiger partial charge >= 0.3 is 0 Å². The molecule has 0 spiro atoms. The van der Waals surface area contributed by atoms with Gasteiger partial charge in [-0.3, -0.25) is 0 Å². The van der Waals surface area contributed by atoms with Gasteiger partial charge in [0.05, 0.1) is 13.7 Å². The van der Waals surface area contributed by atoms with Gasteiger partial charge in [0.1, 0.15) is 6.29 Å². The molecule has 4 heteroatoms. The van der Waals surface area contributed by atoms with Gasteiger partial charge < -0.3 is 14.3 Å². The molecule has 14 heavy (non-hydrogen) atoms. The van der Waals surface area contributed by atoms with Crippen LogP contribution in [-0.4, -0.2) is 20.0 Å². The van der Waals surface area contributed by atoms with Crippen LogP contribution in [0, 0.1) is 0 Å². The zero-order chi connectivity index (χ0) is 10.4. The van der Waals surface area contributed by atoms with Crippen molar-refractivity contribution in [2.45, 2.75) is 6.42 Å². The number of carbonyl (C=O) groups excluding carboxylic acids is 1. The number of rotatable bonds is 5. The fraction of sp³-hybridized carbons (Fsp3) is 0.300. The molecule has 0 aromatic heterocycles. The second kappa shape index (κ2) is 5.65. The normalized spacial score (nSPS) is 9.57. The lowest BCUT2D eigenvalue weighted by atomic mass is 10.3. The molecule has 0 amide bonds. The fourth-order valence-corrected chi connectivity index (χ4v) is 1.32. The number of halogens is 1. The van der Waals surface area contributed by atoms with Crippen molar-refractivity contribution in [3.63, 3.8) is 0 Å². The van der Waals surface area contributed by atoms with Crippen molar-refractivity contribution in [2.24, 2.45) is 0 Å². The molecule has 0 saturated carbocycles. The zero-order valence-electron chi connectivity index (χ0n) is 7.83. The molecule has 0 radical (unpaired) electrons. The Balaban J connectivity index is 2.69. The Bertz CT molecular complexity index is 312. The van der Waals surface area contributed by atoms with E-state index in [0.717, 1.165) is 10.8 Å². The minimum absolute atomic E-state index is 0.376. The topological polar surface area (TPSA) is 35.5 Å². The predicted octanol–water partition coefficient (Wildman–Crippen LogP) is 2.43. The third kappa shape index (κ3) is 3.03. The van der Waals surface area contributed by atoms with E-state index in [-0.39, 0.29) is 0 Å². The van der Waals surface area contributed by atoms with Gasteiger partial charge in [-0.15, -0.1) is 0 Å². The highest BCUT2D eigenvalue weighted by Gasteiger charge is 2.03. The summed E-state index contributed by atoms with van der Waals surface area (Å²) in [7, 11) is 1.58. The molecule has 76 valence electrons. The van der Waals surface area contributed by atoms with Crippen LogP contribution in [0.5, 0.6) is 11.5 Å². The van der Waals surface area contributed by atoms with E-state index in [9.17, 15) is 4.79 Å². The largest absolute Gasteiger partial charge is 0.493 e. The second-order valence-corrected chi connectivity index (χ2v) is 3.51. The Morgan fingerprint density at radius 1 is 1.43 bits per heavy atom. The first-order valence-corrected chi connectivity index (χ1v) is 4.97. The standard InChI is InChI=1S/C10H11BrO3/c1-13-10-7-8(11)3-4-9(10)14-6-2-5-12/h3-5,7H,2,6H2,1H3. The van der Waals surface area contributed by atoms with Crippen molar-refractivity contribution in [1.82, 2.24) is 0 Å². The Kier molecular flexibility index (Phi) is 4.46. The molecule has 1 aromatic carbocycles. The molecular weight excluding hydrogens is 248 g/mol. The highest BCUT2D eigenvalue weighted by atomic mass is 79.9. The average Bonchev–Trinajstić information content (AvgIpc) is 2.20. The number of hydrogen-bond acceptors (Lipinski definition) is 3. The van der Waals surface area contributed by atoms with Crippen LogP contribution in [-0.2, 0) is 4.79 Å². The van der Waals surface area contributed by atoms with E-state index in [0.29, 0.717) is 24.5 Å². The van der Waals surface area contributed by atoms with Crippen LogP contribution in [0.25, 0.3) is 0 Å². The minimum atomic E-state index is 0.376. The quantitative estimate of drug-likeness (QED) is 0.601. The summed E-state index contributed by atoms with van der Waals surface area (Å²) in [5.74, 6) is 1.31. The van der Waals surface area contributed by atoms with Crippen molar-refractivity contribution >= 4 is 22.2 Å². The third-order valence-corrected chi connectivity index (χ3v) is 2.11. The maximum atomic E-state index is 10.1. The van der Waals surface area contributed by atoms with Gasteiger partial charge in [-0.05, 0) is 18.2 Å². The summed E-state index contributed by atoms with van der Waals surface area (Å²) < 4.78 is 11.4. The SMILES string of the molecule is COc1cc(Br)ccc1OCCC=O. The van der Waals surface area contributed by atoms with E-state index in [1.165, 1.54) is 0 Å². The number of aldehydes is 1. The van der Waals surface area contributed by atoms with Gasteiger partial charge in [-0.1, -0.05) is 15.9 Å². The molecule has 0 bridgehead atoms. The van der Waals surface area contributed by atoms with Crippen molar-refractivity contribution in [3.8, 4) is 11.5 Å². The molecule has 1 aromatic rings. The lowest BCUT2D eigenvalue weighted by Crippen LogP contribution is -1.99. The second-order valence-electron chi connectivity index (χ2n) is 2.60. The van der Waals surface area contributed by atoms with Crippen molar-refractivity contribution in [2.75, 3.05) is 13.7 Å². The smallest absolute Gasteiger partial charge is 0.161 e. The van der Waals surface area contributed by atoms with E-state index in [1.807, 2.05) is 12.1 Å². The maximum absolute atomic E-state index is 10.1. The van der Waals surface area contributed by atoms with E-state index < -0.39 is 0 Å². The zero-order valence-corrected chi connectivity index (χ0v) is 9.41. The van der Waals surface area contributed by atoms with Gasteiger partial charge in [0.2, 0.25) is 0 Å². The molecule has 1 rings (SSSR count). The molecule has 0 fully saturated rings. The number of carbonyl (C=O) groups is 1. The molecule has 0 aliphatic rings. The van der Waals surface area contributed by atoms with E-state index >= 15 is 0 Å². The fourth-order valence-electron chi connectivity index (χ4n) is 0.978. The molecule has 0 aliphatic carbocycles. The molecule has 0 aliphatic heterocycles. The summed E-state index contributed by atoms with van der Waals surface area (Å²) in [4.78, 5) is 10.1. The summed E-state index contributed by atoms with van der Waals surface area (Å²) in [6.45, 7) is 0.376. The molecule has 0 atom stereocenters. The molecular formula is C10H11BrO3. The minimum Gasteiger partial charge on any atom is -0.493 e. The first-order valence-electron chi connectivity index (χ1n) is 4.18. The first kappa shape index (κ1) is 11.0. The van der Waals surface area contributed by atoms with Gasteiger partial charge in [0, 0.05) is 10.9 Å². The summed E-state index contributed by atoms with van der Waals surface area (Å²) in [5.41, 5.74) is 0. The Morgan fingerprint density at radius 3 is 2.86 bits per heavy atom. The Labute approximate surface area is 91.1 Å². The molecule has 0 saturated heterocycles. The van der Waals surface area contributed by atoms with Crippen LogP contribution in [0.1, 0.15) is 6.42 Å². The molecule has 0 N–H and O–H groups in total. The van der Waals surface area contributed by atoms with Crippen LogP contribution >= 0.6 is 15.9 Å². The van der Waals surface area contributed by atoms with E-state index in [2.05, 4.69) is 15.9 Å². The van der Waals surface area contributed by atoms with E-state index in [4.69, 9.17) is 9.47 Å². The summed E-state index contributed by atoms with van der Waals surface area (Å²) in [5, 5.41) is 0. The van der Waals surface area contributed by atoms with Crippen LogP contribution in [0.2, 0.25) is 0 Å². The monoisotopic (exact) mass is 258 g/mol. The third-order valence-electron chi connectivity index (χ3n) is 1.62. The summed E-state index contributed by atoms with van der Waals surface area (Å²) in [6, 6.07) is 5.47. The Morgan fingerprint density at radius 2 is 2.21 bits per heavy atom. The van der Waals surface area contributed by atoms with Crippen LogP contribution in [0.3, 0.4) is 0 Å². The number of hydrogen-bond donors (Lipinski definition) is 0. The van der Waals surface area contributed by atoms with Gasteiger partial charge in [-0.2, -0.15) is 0 Å². The Hall–Kier alpha value is -1.03. The lowest BCUT2D eigenvalue weighted by Gasteiger charge is -2.09. The molecule has 0 unspecified atom stereocenters. The first-order chi connectivity index (χ1) is 6.77. The van der Waals surface area contributed by atoms with Crippen LogP contribution in [0.4, 0.5) is 0 Å². The number of benzene rings is 1. The molecule has 0 heterocycles. The van der Waals surface area contributed by atoms with E-state index in [1.54, 1.807) is 13.2 Å². The van der Waals surface area contributed by atoms with Crippen LogP contribution in [0.15, 0.2) is 22.7 Å². The predicted molar refractivity (Wildman–Crippen MR) is 56.9 cm³/mol. The molecule has 3 nitrogen and oxygen atoms in total. The van der Waals surface area contributed by atoms with Crippen molar-refractivity contribution in [3.05, 3.63) is 22.7 Å². The lowest BCUT2D eigenvalue weighted by molar-refractivity contribution is -0.108. The number of ether oxygens (including phenoxy) is 2. The van der Waals surface area contributed by atoms with Gasteiger partial charge in [-0.25, -0.2) is 0 Å². The summed E-state index contributed by atoms with van der Waals surface area (Å²) >= 11 is 3.33. The summed E-state index contributed by atoms with van der Waals surface area (Å²) in [6.07, 6.45) is 1.21. The van der Waals surface area contributed by atoms with Crippen molar-refractivity contribution < 1.29 is 14.3 Å². The average molecular weight is 259 g/mol. The number of methoxy groups -OCH3 is 1. The van der Waals surface area contributed by atoms with Crippen LogP contribution < -0.4 is 9.47 Å². The van der Waals surface area contributed by atoms with Gasteiger partial charge in [0.15, 0.2) is 11.5 Å². The van der Waals surface area contributed by atoms with Crippen molar-refractivity contribution in [1.29, 1.82) is 0 Å².